The molecule has 1 rings (SSSR count). The molecule has 0 spiro atoms. The Balaban J connectivity index is 2.99. The first kappa shape index (κ1) is 15.8. The van der Waals surface area contributed by atoms with Crippen molar-refractivity contribution in [1.29, 1.82) is 0 Å². The van der Waals surface area contributed by atoms with E-state index in [-0.39, 0.29) is 29.8 Å². The van der Waals surface area contributed by atoms with Crippen molar-refractivity contribution in [2.24, 2.45) is 5.11 Å². The summed E-state index contributed by atoms with van der Waals surface area (Å²) in [6.45, 7) is 0.0235. The summed E-state index contributed by atoms with van der Waals surface area (Å²) in [5.74, 6) is -0.880. The molecule has 0 saturated heterocycles. The molecule has 3 N–H and O–H groups in total. The van der Waals surface area contributed by atoms with Gasteiger partial charge in [0.2, 0.25) is 0 Å². The zero-order chi connectivity index (χ0) is 15.1. The van der Waals surface area contributed by atoms with Crippen molar-refractivity contribution in [3.05, 3.63) is 39.8 Å². The van der Waals surface area contributed by atoms with Crippen molar-refractivity contribution in [2.75, 3.05) is 13.7 Å². The van der Waals surface area contributed by atoms with Gasteiger partial charge in [-0.1, -0.05) is 5.11 Å². The number of benzene rings is 1. The van der Waals surface area contributed by atoms with Gasteiger partial charge in [0.05, 0.1) is 18.8 Å². The smallest absolute Gasteiger partial charge is 0.335 e. The lowest BCUT2D eigenvalue weighted by Crippen LogP contribution is -2.20. The number of hydrogen-bond donors (Lipinski definition) is 3. The molecule has 2 atom stereocenters. The molecule has 1 aromatic rings. The molecule has 20 heavy (non-hydrogen) atoms. The molecule has 0 radical (unpaired) electrons. The van der Waals surface area contributed by atoms with Gasteiger partial charge in [-0.2, -0.15) is 0 Å². The highest BCUT2D eigenvalue weighted by molar-refractivity contribution is 5.88. The van der Waals surface area contributed by atoms with Gasteiger partial charge in [0.25, 0.3) is 0 Å². The number of carbonyl (C=O) groups is 1. The average molecular weight is 281 g/mol. The number of azide groups is 1. The molecular formula is C12H15N3O5. The lowest BCUT2D eigenvalue weighted by molar-refractivity contribution is 0.0136. The Kier molecular flexibility index (Phi) is 5.79. The summed E-state index contributed by atoms with van der Waals surface area (Å²) in [6.07, 6.45) is -2.48. The lowest BCUT2D eigenvalue weighted by Gasteiger charge is -2.20. The van der Waals surface area contributed by atoms with Gasteiger partial charge < -0.3 is 20.1 Å². The van der Waals surface area contributed by atoms with Gasteiger partial charge in [-0.25, -0.2) is 4.79 Å². The Morgan fingerprint density at radius 3 is 2.75 bits per heavy atom. The van der Waals surface area contributed by atoms with Crippen molar-refractivity contribution in [3.63, 3.8) is 0 Å². The number of nitrogens with zero attached hydrogens (tertiary/aromatic N) is 3. The minimum Gasteiger partial charge on any atom is -0.496 e. The highest BCUT2D eigenvalue weighted by Crippen LogP contribution is 2.29. The van der Waals surface area contributed by atoms with Crippen molar-refractivity contribution in [3.8, 4) is 5.75 Å². The van der Waals surface area contributed by atoms with E-state index in [0.29, 0.717) is 0 Å². The van der Waals surface area contributed by atoms with Gasteiger partial charge in [-0.05, 0) is 30.2 Å². The molecule has 0 bridgehead atoms. The number of carboxylic acid groups (broad SMARTS) is 1. The molecule has 8 nitrogen and oxygen atoms in total. The van der Waals surface area contributed by atoms with E-state index in [2.05, 4.69) is 10.0 Å². The number of aliphatic hydroxyl groups excluding tert-OH is 2. The number of ether oxygens (including phenoxy) is 1. The van der Waals surface area contributed by atoms with Crippen LogP contribution < -0.4 is 4.74 Å². The quantitative estimate of drug-likeness (QED) is 0.395. The predicted molar refractivity (Wildman–Crippen MR) is 69.5 cm³/mol. The van der Waals surface area contributed by atoms with Crippen LogP contribution >= 0.6 is 0 Å². The monoisotopic (exact) mass is 281 g/mol. The maximum absolute atomic E-state index is 10.9. The minimum absolute atomic E-state index is 0.0235. The van der Waals surface area contributed by atoms with E-state index in [9.17, 15) is 15.0 Å². The third-order valence-electron chi connectivity index (χ3n) is 2.75. The van der Waals surface area contributed by atoms with Crippen LogP contribution in [0.2, 0.25) is 0 Å². The van der Waals surface area contributed by atoms with Crippen LogP contribution in [0, 0.1) is 0 Å². The van der Waals surface area contributed by atoms with E-state index in [0.717, 1.165) is 0 Å². The molecule has 0 saturated carbocycles. The van der Waals surface area contributed by atoms with E-state index >= 15 is 0 Å². The molecule has 0 amide bonds. The number of aromatic carboxylic acids is 1. The highest BCUT2D eigenvalue weighted by atomic mass is 16.5. The third kappa shape index (κ3) is 3.86. The van der Waals surface area contributed by atoms with Crippen LogP contribution in [-0.2, 0) is 0 Å². The number of carboxylic acids is 1. The van der Waals surface area contributed by atoms with Gasteiger partial charge in [-0.3, -0.25) is 0 Å². The Hall–Kier alpha value is -2.28. The van der Waals surface area contributed by atoms with Crippen LogP contribution in [0.5, 0.6) is 5.75 Å². The Morgan fingerprint density at radius 2 is 2.20 bits per heavy atom. The SMILES string of the molecule is COc1ccc(C(=O)O)cc1C(O)C(O)CCN=[N+]=[N-]. The summed E-state index contributed by atoms with van der Waals surface area (Å²) in [5, 5.41) is 32.0. The topological polar surface area (TPSA) is 136 Å². The second-order valence-corrected chi connectivity index (χ2v) is 4.02. The number of aliphatic hydroxyl groups is 2. The first-order chi connectivity index (χ1) is 9.51. The normalized spacial score (nSPS) is 13.2. The number of rotatable bonds is 7. The zero-order valence-corrected chi connectivity index (χ0v) is 10.8. The molecule has 0 fully saturated rings. The number of methoxy groups -OCH3 is 1. The Labute approximate surface area is 114 Å². The van der Waals surface area contributed by atoms with Gasteiger partial charge >= 0.3 is 5.97 Å². The lowest BCUT2D eigenvalue weighted by atomic mass is 9.99. The van der Waals surface area contributed by atoms with Gasteiger partial charge in [-0.15, -0.1) is 0 Å². The standard InChI is InChI=1S/C12H15N3O5/c1-20-10-3-2-7(12(18)19)6-8(10)11(17)9(16)4-5-14-15-13/h2-3,6,9,11,16-17H,4-5H2,1H3,(H,18,19). The van der Waals surface area contributed by atoms with Crippen LogP contribution in [0.15, 0.2) is 23.3 Å². The maximum atomic E-state index is 10.9. The Morgan fingerprint density at radius 1 is 1.50 bits per heavy atom. The maximum Gasteiger partial charge on any atom is 0.335 e. The van der Waals surface area contributed by atoms with E-state index in [1.54, 1.807) is 0 Å². The molecule has 8 heteroatoms. The zero-order valence-electron chi connectivity index (χ0n) is 10.8. The van der Waals surface area contributed by atoms with Crippen LogP contribution in [0.4, 0.5) is 0 Å². The van der Waals surface area contributed by atoms with Gasteiger partial charge in [0, 0.05) is 17.0 Å². The first-order valence-electron chi connectivity index (χ1n) is 5.79. The molecule has 0 aliphatic heterocycles. The molecule has 108 valence electrons. The fourth-order valence-electron chi connectivity index (χ4n) is 1.70. The fourth-order valence-corrected chi connectivity index (χ4v) is 1.70. The Bertz CT molecular complexity index is 528. The summed E-state index contributed by atoms with van der Waals surface area (Å²) >= 11 is 0. The minimum atomic E-state index is -1.34. The van der Waals surface area contributed by atoms with Crippen molar-refractivity contribution < 1.29 is 24.9 Å². The fraction of sp³-hybridized carbons (Fsp3) is 0.417. The molecule has 0 aromatic heterocycles. The van der Waals surface area contributed by atoms with E-state index in [4.69, 9.17) is 15.4 Å². The van der Waals surface area contributed by atoms with Crippen molar-refractivity contribution in [2.45, 2.75) is 18.6 Å². The van der Waals surface area contributed by atoms with E-state index < -0.39 is 18.2 Å². The van der Waals surface area contributed by atoms with Gasteiger partial charge in [0.1, 0.15) is 11.9 Å². The van der Waals surface area contributed by atoms with E-state index in [1.165, 1.54) is 25.3 Å². The van der Waals surface area contributed by atoms with E-state index in [1.807, 2.05) is 0 Å². The highest BCUT2D eigenvalue weighted by Gasteiger charge is 2.22. The summed E-state index contributed by atoms with van der Waals surface area (Å²) in [7, 11) is 1.37. The van der Waals surface area contributed by atoms with Crippen LogP contribution in [0.25, 0.3) is 10.4 Å². The summed E-state index contributed by atoms with van der Waals surface area (Å²) in [6, 6.07) is 3.98. The van der Waals surface area contributed by atoms with Crippen LogP contribution in [0.3, 0.4) is 0 Å². The van der Waals surface area contributed by atoms with Crippen LogP contribution in [0.1, 0.15) is 28.4 Å². The molecule has 0 aliphatic rings. The first-order valence-corrected chi connectivity index (χ1v) is 5.79. The van der Waals surface area contributed by atoms with Crippen LogP contribution in [-0.4, -0.2) is 41.0 Å². The predicted octanol–water partition coefficient (Wildman–Crippen LogP) is 1.49. The number of hydrogen-bond acceptors (Lipinski definition) is 5. The molecule has 0 aliphatic carbocycles. The third-order valence-corrected chi connectivity index (χ3v) is 2.75. The second kappa shape index (κ2) is 7.34. The second-order valence-electron chi connectivity index (χ2n) is 4.02. The molecule has 2 unspecified atom stereocenters. The molecule has 1 aromatic carbocycles. The largest absolute Gasteiger partial charge is 0.496 e. The summed E-state index contributed by atoms with van der Waals surface area (Å²) in [4.78, 5) is 13.5. The molecule has 0 heterocycles. The van der Waals surface area contributed by atoms with Crippen molar-refractivity contribution in [1.82, 2.24) is 0 Å². The van der Waals surface area contributed by atoms with Gasteiger partial charge in [0.15, 0.2) is 0 Å². The van der Waals surface area contributed by atoms with Crippen molar-refractivity contribution >= 4 is 5.97 Å². The molecular weight excluding hydrogens is 266 g/mol. The summed E-state index contributed by atoms with van der Waals surface area (Å²) in [5.41, 5.74) is 8.28. The average Bonchev–Trinajstić information content (AvgIpc) is 2.45. The summed E-state index contributed by atoms with van der Waals surface area (Å²) < 4.78 is 5.03.